The fourth-order valence-electron chi connectivity index (χ4n) is 2.17. The number of nitriles is 2. The molecule has 7 heteroatoms. The maximum absolute atomic E-state index is 9.57. The molecule has 0 aromatic heterocycles. The molecule has 0 aliphatic heterocycles. The zero-order valence-corrected chi connectivity index (χ0v) is 15.0. The number of thioether (sulfide) groups is 1. The molecule has 0 aliphatic rings. The number of anilines is 3. The average Bonchev–Trinajstić information content (AvgIpc) is 2.63. The van der Waals surface area contributed by atoms with Crippen LogP contribution in [0.4, 0.5) is 17.1 Å². The van der Waals surface area contributed by atoms with Crippen LogP contribution < -0.4 is 22.5 Å². The Hall–Kier alpha value is -3.55. The van der Waals surface area contributed by atoms with Crippen LogP contribution in [0.1, 0.15) is 6.92 Å². The Kier molecular flexibility index (Phi) is 6.15. The number of hydrogen-bond acceptors (Lipinski definition) is 7. The second kappa shape index (κ2) is 8.52. The largest absolute Gasteiger partial charge is 0.398 e. The molecular formula is C19H18N6S. The molecule has 6 nitrogen and oxygen atoms in total. The molecule has 0 amide bonds. The molecule has 2 aromatic carbocycles. The number of nitrogens with zero attached hydrogens (tertiary/aromatic N) is 2. The van der Waals surface area contributed by atoms with Gasteiger partial charge in [-0.3, -0.25) is 0 Å². The van der Waals surface area contributed by atoms with Gasteiger partial charge in [-0.25, -0.2) is 0 Å². The van der Waals surface area contributed by atoms with Gasteiger partial charge in [0, 0.05) is 15.5 Å². The van der Waals surface area contributed by atoms with E-state index in [0.29, 0.717) is 22.0 Å². The molecule has 0 atom stereocenters. The predicted octanol–water partition coefficient (Wildman–Crippen LogP) is 3.55. The van der Waals surface area contributed by atoms with Gasteiger partial charge < -0.3 is 22.5 Å². The lowest BCUT2D eigenvalue weighted by Gasteiger charge is -2.12. The zero-order valence-electron chi connectivity index (χ0n) is 14.2. The minimum Gasteiger partial charge on any atom is -0.398 e. The summed E-state index contributed by atoms with van der Waals surface area (Å²) in [5.74, 6) is 0.0583. The molecule has 130 valence electrons. The Balaban J connectivity index is 2.42. The molecule has 7 N–H and O–H groups in total. The first kappa shape index (κ1) is 18.8. The standard InChI is InChI=1S/C19H18N6S/c1-12(26-18-9-5-3-7-16(18)23)13(10-20)14(11-21)19(24)25-17-8-4-2-6-15(17)22/h2-9,25H,22-24H2,1H3. The third kappa shape index (κ3) is 4.29. The minimum atomic E-state index is 0.0512. The van der Waals surface area contributed by atoms with Gasteiger partial charge in [-0.1, -0.05) is 36.0 Å². The minimum absolute atomic E-state index is 0.0512. The molecule has 0 bridgehead atoms. The Morgan fingerprint density at radius 1 is 0.923 bits per heavy atom. The van der Waals surface area contributed by atoms with Crippen molar-refractivity contribution in [1.82, 2.24) is 0 Å². The fourth-order valence-corrected chi connectivity index (χ4v) is 3.08. The van der Waals surface area contributed by atoms with Crippen LogP contribution >= 0.6 is 11.8 Å². The van der Waals surface area contributed by atoms with Crippen molar-refractivity contribution in [2.75, 3.05) is 16.8 Å². The van der Waals surface area contributed by atoms with Crippen LogP contribution in [0.2, 0.25) is 0 Å². The summed E-state index contributed by atoms with van der Waals surface area (Å²) in [5.41, 5.74) is 19.7. The second-order valence-corrected chi connectivity index (χ2v) is 6.55. The maximum Gasteiger partial charge on any atom is 0.120 e. The van der Waals surface area contributed by atoms with Gasteiger partial charge in [0.15, 0.2) is 0 Å². The number of rotatable bonds is 5. The monoisotopic (exact) mass is 362 g/mol. The molecule has 0 radical (unpaired) electrons. The molecule has 0 fully saturated rings. The van der Waals surface area contributed by atoms with Crippen LogP contribution in [0.3, 0.4) is 0 Å². The van der Waals surface area contributed by atoms with Gasteiger partial charge in [0.05, 0.1) is 16.9 Å². The van der Waals surface area contributed by atoms with Gasteiger partial charge in [-0.05, 0) is 31.2 Å². The van der Waals surface area contributed by atoms with Gasteiger partial charge in [-0.15, -0.1) is 0 Å². The maximum atomic E-state index is 9.57. The summed E-state index contributed by atoms with van der Waals surface area (Å²) in [6, 6.07) is 18.4. The van der Waals surface area contributed by atoms with Crippen molar-refractivity contribution >= 4 is 28.8 Å². The molecule has 0 aliphatic carbocycles. The summed E-state index contributed by atoms with van der Waals surface area (Å²) in [6.45, 7) is 1.75. The van der Waals surface area contributed by atoms with E-state index in [2.05, 4.69) is 11.4 Å². The van der Waals surface area contributed by atoms with Crippen LogP contribution in [-0.4, -0.2) is 0 Å². The predicted molar refractivity (Wildman–Crippen MR) is 106 cm³/mol. The van der Waals surface area contributed by atoms with Crippen LogP contribution in [-0.2, 0) is 0 Å². The van der Waals surface area contributed by atoms with E-state index in [0.717, 1.165) is 4.90 Å². The van der Waals surface area contributed by atoms with Gasteiger partial charge in [0.25, 0.3) is 0 Å². The van der Waals surface area contributed by atoms with Gasteiger partial charge >= 0.3 is 0 Å². The lowest BCUT2D eigenvalue weighted by Crippen LogP contribution is -2.14. The SMILES string of the molecule is CC(Sc1ccccc1N)=C(C#N)C(C#N)=C(N)Nc1ccccc1N. The lowest BCUT2D eigenvalue weighted by atomic mass is 10.1. The highest BCUT2D eigenvalue weighted by molar-refractivity contribution is 8.03. The van der Waals surface area contributed by atoms with Crippen LogP contribution in [0.25, 0.3) is 0 Å². The summed E-state index contributed by atoms with van der Waals surface area (Å²) in [5, 5.41) is 22.0. The third-order valence-corrected chi connectivity index (χ3v) is 4.61. The lowest BCUT2D eigenvalue weighted by molar-refractivity contribution is 1.25. The van der Waals surface area contributed by atoms with E-state index in [9.17, 15) is 10.5 Å². The summed E-state index contributed by atoms with van der Waals surface area (Å²) < 4.78 is 0. The van der Waals surface area contributed by atoms with Gasteiger partial charge in [-0.2, -0.15) is 10.5 Å². The number of benzene rings is 2. The smallest absolute Gasteiger partial charge is 0.120 e. The van der Waals surface area contributed by atoms with E-state index in [-0.39, 0.29) is 17.0 Å². The van der Waals surface area contributed by atoms with E-state index in [4.69, 9.17) is 17.2 Å². The van der Waals surface area contributed by atoms with E-state index >= 15 is 0 Å². The van der Waals surface area contributed by atoms with Crippen molar-refractivity contribution in [3.8, 4) is 12.1 Å². The van der Waals surface area contributed by atoms with Crippen molar-refractivity contribution in [1.29, 1.82) is 10.5 Å². The first-order valence-electron chi connectivity index (χ1n) is 7.63. The topological polar surface area (TPSA) is 138 Å². The fraction of sp³-hybridized carbons (Fsp3) is 0.0526. The molecule has 26 heavy (non-hydrogen) atoms. The van der Waals surface area contributed by atoms with Crippen LogP contribution in [0.15, 0.2) is 75.3 Å². The average molecular weight is 362 g/mol. The Labute approximate surface area is 156 Å². The van der Waals surface area contributed by atoms with E-state index in [1.807, 2.05) is 24.3 Å². The van der Waals surface area contributed by atoms with Crippen LogP contribution in [0.5, 0.6) is 0 Å². The Morgan fingerprint density at radius 2 is 1.50 bits per heavy atom. The van der Waals surface area contributed by atoms with Gasteiger partial charge in [0.1, 0.15) is 23.5 Å². The van der Waals surface area contributed by atoms with Crippen LogP contribution in [0, 0.1) is 22.7 Å². The molecule has 2 rings (SSSR count). The van der Waals surface area contributed by atoms with Crippen molar-refractivity contribution < 1.29 is 0 Å². The zero-order chi connectivity index (χ0) is 19.1. The highest BCUT2D eigenvalue weighted by Crippen LogP contribution is 2.34. The molecule has 0 spiro atoms. The highest BCUT2D eigenvalue weighted by Gasteiger charge is 2.15. The number of allylic oxidation sites excluding steroid dienone is 3. The first-order chi connectivity index (χ1) is 12.5. The summed E-state index contributed by atoms with van der Waals surface area (Å²) in [7, 11) is 0. The van der Waals surface area contributed by atoms with Crippen molar-refractivity contribution in [3.63, 3.8) is 0 Å². The molecule has 0 saturated heterocycles. The normalized spacial score (nSPS) is 12.3. The first-order valence-corrected chi connectivity index (χ1v) is 8.44. The third-order valence-electron chi connectivity index (χ3n) is 3.51. The van der Waals surface area contributed by atoms with Crippen molar-refractivity contribution in [2.24, 2.45) is 5.73 Å². The Bertz CT molecular complexity index is 883. The van der Waals surface area contributed by atoms with E-state index in [1.165, 1.54) is 11.8 Å². The number of nitrogen functional groups attached to an aromatic ring is 2. The Morgan fingerprint density at radius 3 is 2.08 bits per heavy atom. The quantitative estimate of drug-likeness (QED) is 0.276. The number of nitrogens with two attached hydrogens (primary N) is 3. The van der Waals surface area contributed by atoms with Crippen molar-refractivity contribution in [3.05, 3.63) is 70.4 Å². The van der Waals surface area contributed by atoms with E-state index < -0.39 is 0 Å². The van der Waals surface area contributed by atoms with E-state index in [1.54, 1.807) is 37.3 Å². The summed E-state index contributed by atoms with van der Waals surface area (Å²) in [6.07, 6.45) is 0. The molecule has 0 unspecified atom stereocenters. The van der Waals surface area contributed by atoms with Gasteiger partial charge in [0.2, 0.25) is 0 Å². The highest BCUT2D eigenvalue weighted by atomic mass is 32.2. The summed E-state index contributed by atoms with van der Waals surface area (Å²) >= 11 is 1.31. The number of nitrogens with one attached hydrogen (secondary N) is 1. The van der Waals surface area contributed by atoms with Crippen molar-refractivity contribution in [2.45, 2.75) is 11.8 Å². The number of hydrogen-bond donors (Lipinski definition) is 4. The second-order valence-electron chi connectivity index (χ2n) is 5.30. The molecule has 0 heterocycles. The molecular weight excluding hydrogens is 344 g/mol. The number of para-hydroxylation sites is 3. The molecule has 0 saturated carbocycles. The molecule has 2 aromatic rings. The summed E-state index contributed by atoms with van der Waals surface area (Å²) in [4.78, 5) is 1.42.